The number of benzene rings is 1. The molecule has 0 aliphatic heterocycles. The SMILES string of the molecule is NCc1cccc(CS(=O)(=O)NC2CCCCC2)c1. The summed E-state index contributed by atoms with van der Waals surface area (Å²) in [4.78, 5) is 0. The second-order valence-electron chi connectivity index (χ2n) is 5.24. The molecule has 1 aromatic carbocycles. The maximum atomic E-state index is 12.1. The number of rotatable bonds is 5. The van der Waals surface area contributed by atoms with E-state index < -0.39 is 10.0 Å². The maximum absolute atomic E-state index is 12.1. The van der Waals surface area contributed by atoms with Crippen LogP contribution < -0.4 is 10.5 Å². The number of hydrogen-bond donors (Lipinski definition) is 2. The molecule has 4 nitrogen and oxygen atoms in total. The summed E-state index contributed by atoms with van der Waals surface area (Å²) < 4.78 is 27.1. The van der Waals surface area contributed by atoms with E-state index in [4.69, 9.17) is 5.73 Å². The van der Waals surface area contributed by atoms with Gasteiger partial charge in [0.2, 0.25) is 10.0 Å². The molecular formula is C14H22N2O2S. The van der Waals surface area contributed by atoms with Crippen LogP contribution >= 0.6 is 0 Å². The molecule has 0 aromatic heterocycles. The molecule has 0 heterocycles. The highest BCUT2D eigenvalue weighted by Gasteiger charge is 2.20. The zero-order valence-corrected chi connectivity index (χ0v) is 12.0. The molecular weight excluding hydrogens is 260 g/mol. The summed E-state index contributed by atoms with van der Waals surface area (Å²) in [5.74, 6) is 0.0390. The first-order valence-electron chi connectivity index (χ1n) is 6.87. The normalized spacial score (nSPS) is 17.5. The van der Waals surface area contributed by atoms with Gasteiger partial charge in [0.15, 0.2) is 0 Å². The van der Waals surface area contributed by atoms with Crippen molar-refractivity contribution in [1.29, 1.82) is 0 Å². The van der Waals surface area contributed by atoms with E-state index in [2.05, 4.69) is 4.72 Å². The molecule has 1 fully saturated rings. The maximum Gasteiger partial charge on any atom is 0.216 e. The molecule has 1 aliphatic carbocycles. The predicted octanol–water partition coefficient (Wildman–Crippen LogP) is 1.90. The van der Waals surface area contributed by atoms with Gasteiger partial charge < -0.3 is 5.73 Å². The van der Waals surface area contributed by atoms with Crippen LogP contribution in [0.5, 0.6) is 0 Å². The van der Waals surface area contributed by atoms with Crippen molar-refractivity contribution in [3.8, 4) is 0 Å². The Morgan fingerprint density at radius 3 is 2.53 bits per heavy atom. The van der Waals surface area contributed by atoms with Gasteiger partial charge in [0.1, 0.15) is 0 Å². The Kier molecular flexibility index (Phi) is 4.96. The van der Waals surface area contributed by atoms with Gasteiger partial charge in [-0.2, -0.15) is 0 Å². The molecule has 3 N–H and O–H groups in total. The number of sulfonamides is 1. The Morgan fingerprint density at radius 1 is 1.16 bits per heavy atom. The molecule has 0 amide bonds. The lowest BCUT2D eigenvalue weighted by atomic mass is 9.96. The molecule has 1 aliphatic rings. The average molecular weight is 282 g/mol. The molecule has 0 saturated heterocycles. The third-order valence-electron chi connectivity index (χ3n) is 3.54. The first-order valence-corrected chi connectivity index (χ1v) is 8.52. The van der Waals surface area contributed by atoms with Gasteiger partial charge in [0.05, 0.1) is 5.75 Å². The summed E-state index contributed by atoms with van der Waals surface area (Å²) in [6, 6.07) is 7.58. The van der Waals surface area contributed by atoms with Gasteiger partial charge >= 0.3 is 0 Å². The Balaban J connectivity index is 1.99. The van der Waals surface area contributed by atoms with Gasteiger partial charge in [-0.05, 0) is 24.0 Å². The van der Waals surface area contributed by atoms with Crippen molar-refractivity contribution in [2.24, 2.45) is 5.73 Å². The predicted molar refractivity (Wildman–Crippen MR) is 77.0 cm³/mol. The van der Waals surface area contributed by atoms with Crippen LogP contribution in [0.3, 0.4) is 0 Å². The van der Waals surface area contributed by atoms with E-state index in [-0.39, 0.29) is 11.8 Å². The Hall–Kier alpha value is -0.910. The topological polar surface area (TPSA) is 72.2 Å². The molecule has 19 heavy (non-hydrogen) atoms. The Labute approximate surface area is 115 Å². The molecule has 2 rings (SSSR count). The van der Waals surface area contributed by atoms with Crippen LogP contribution in [0.1, 0.15) is 43.2 Å². The number of hydrogen-bond acceptors (Lipinski definition) is 3. The van der Waals surface area contributed by atoms with Crippen LogP contribution in [0.2, 0.25) is 0 Å². The number of nitrogens with two attached hydrogens (primary N) is 1. The van der Waals surface area contributed by atoms with Crippen LogP contribution in [-0.4, -0.2) is 14.5 Å². The lowest BCUT2D eigenvalue weighted by Gasteiger charge is -2.22. The van der Waals surface area contributed by atoms with Gasteiger partial charge in [-0.1, -0.05) is 43.5 Å². The van der Waals surface area contributed by atoms with Crippen molar-refractivity contribution in [1.82, 2.24) is 4.72 Å². The standard InChI is InChI=1S/C14H22N2O2S/c15-10-12-5-4-6-13(9-12)11-19(17,18)16-14-7-2-1-3-8-14/h4-6,9,14,16H,1-3,7-8,10-11,15H2. The zero-order chi connectivity index (χ0) is 13.7. The van der Waals surface area contributed by atoms with Crippen molar-refractivity contribution in [2.45, 2.75) is 50.4 Å². The van der Waals surface area contributed by atoms with Crippen molar-refractivity contribution in [3.05, 3.63) is 35.4 Å². The monoisotopic (exact) mass is 282 g/mol. The van der Waals surface area contributed by atoms with Crippen molar-refractivity contribution in [2.75, 3.05) is 0 Å². The summed E-state index contributed by atoms with van der Waals surface area (Å²) in [6.07, 6.45) is 5.38. The lowest BCUT2D eigenvalue weighted by Crippen LogP contribution is -2.36. The van der Waals surface area contributed by atoms with Gasteiger partial charge in [-0.15, -0.1) is 0 Å². The van der Waals surface area contributed by atoms with Crippen molar-refractivity contribution < 1.29 is 8.42 Å². The van der Waals surface area contributed by atoms with Crippen LogP contribution in [0.4, 0.5) is 0 Å². The van der Waals surface area contributed by atoms with Gasteiger partial charge in [-0.3, -0.25) is 0 Å². The second-order valence-corrected chi connectivity index (χ2v) is 6.99. The van der Waals surface area contributed by atoms with E-state index in [9.17, 15) is 8.42 Å². The largest absolute Gasteiger partial charge is 0.326 e. The van der Waals surface area contributed by atoms with Crippen LogP contribution in [0.15, 0.2) is 24.3 Å². The molecule has 0 radical (unpaired) electrons. The van der Waals surface area contributed by atoms with Crippen LogP contribution in [-0.2, 0) is 22.3 Å². The van der Waals surface area contributed by atoms with Gasteiger partial charge in [0.25, 0.3) is 0 Å². The van der Waals surface area contributed by atoms with E-state index >= 15 is 0 Å². The summed E-state index contributed by atoms with van der Waals surface area (Å²) in [6.45, 7) is 0.434. The zero-order valence-electron chi connectivity index (χ0n) is 11.1. The third-order valence-corrected chi connectivity index (χ3v) is 4.94. The molecule has 5 heteroatoms. The minimum atomic E-state index is -3.25. The van der Waals surface area contributed by atoms with E-state index in [0.29, 0.717) is 6.54 Å². The van der Waals surface area contributed by atoms with E-state index in [0.717, 1.165) is 36.8 Å². The first-order chi connectivity index (χ1) is 9.09. The van der Waals surface area contributed by atoms with Crippen LogP contribution in [0, 0.1) is 0 Å². The molecule has 106 valence electrons. The lowest BCUT2D eigenvalue weighted by molar-refractivity contribution is 0.412. The quantitative estimate of drug-likeness (QED) is 0.866. The molecule has 0 atom stereocenters. The first kappa shape index (κ1) is 14.5. The second kappa shape index (κ2) is 6.50. The fraction of sp³-hybridized carbons (Fsp3) is 0.571. The molecule has 0 spiro atoms. The number of nitrogens with one attached hydrogen (secondary N) is 1. The molecule has 0 unspecified atom stereocenters. The van der Waals surface area contributed by atoms with Gasteiger partial charge in [0, 0.05) is 12.6 Å². The highest BCUT2D eigenvalue weighted by molar-refractivity contribution is 7.88. The summed E-state index contributed by atoms with van der Waals surface area (Å²) in [7, 11) is -3.25. The van der Waals surface area contributed by atoms with Gasteiger partial charge in [-0.25, -0.2) is 13.1 Å². The molecule has 1 saturated carbocycles. The summed E-state index contributed by atoms with van der Waals surface area (Å²) >= 11 is 0. The highest BCUT2D eigenvalue weighted by atomic mass is 32.2. The van der Waals surface area contributed by atoms with Crippen molar-refractivity contribution in [3.63, 3.8) is 0 Å². The minimum Gasteiger partial charge on any atom is -0.326 e. The van der Waals surface area contributed by atoms with E-state index in [1.807, 2.05) is 24.3 Å². The van der Waals surface area contributed by atoms with E-state index in [1.165, 1.54) is 6.42 Å². The van der Waals surface area contributed by atoms with Crippen molar-refractivity contribution >= 4 is 10.0 Å². The Morgan fingerprint density at radius 2 is 1.84 bits per heavy atom. The minimum absolute atomic E-state index is 0.0390. The summed E-state index contributed by atoms with van der Waals surface area (Å²) in [5, 5.41) is 0. The average Bonchev–Trinajstić information content (AvgIpc) is 2.39. The molecule has 1 aromatic rings. The smallest absolute Gasteiger partial charge is 0.216 e. The highest BCUT2D eigenvalue weighted by Crippen LogP contribution is 2.19. The fourth-order valence-electron chi connectivity index (χ4n) is 2.58. The molecule has 0 bridgehead atoms. The fourth-order valence-corrected chi connectivity index (χ4v) is 4.03. The third kappa shape index (κ3) is 4.60. The summed E-state index contributed by atoms with van der Waals surface area (Å²) in [5.41, 5.74) is 7.33. The van der Waals surface area contributed by atoms with Crippen LogP contribution in [0.25, 0.3) is 0 Å². The van der Waals surface area contributed by atoms with E-state index in [1.54, 1.807) is 0 Å². The Bertz CT molecular complexity index is 508.